The van der Waals surface area contributed by atoms with E-state index >= 15 is 0 Å². The van der Waals surface area contributed by atoms with E-state index < -0.39 is 17.6 Å². The lowest BCUT2D eigenvalue weighted by molar-refractivity contribution is -0.399. The molecule has 31 heavy (non-hydrogen) atoms. The molecule has 0 radical (unpaired) electrons. The standard InChI is InChI=1S/C26H44F2O3/c1-6-7-8-9-10-13-16-23(26(29-4,30-5)31-21(2)3)17-14-11-12-15-22-18-19-24(27)25(28)20-22/h18-21,23H,6-17H2,1-5H3. The first-order valence-electron chi connectivity index (χ1n) is 12.1. The molecule has 0 aliphatic heterocycles. The SMILES string of the molecule is CCCCCCCCC(CCCCCc1ccc(F)c(F)c1)C(OC)(OC)OC(C)C. The average Bonchev–Trinajstić information content (AvgIpc) is 2.75. The molecule has 5 heteroatoms. The predicted octanol–water partition coefficient (Wildman–Crippen LogP) is 7.81. The van der Waals surface area contributed by atoms with E-state index in [1.54, 1.807) is 20.3 Å². The molecule has 0 aromatic heterocycles. The molecule has 0 spiro atoms. The second-order valence-corrected chi connectivity index (χ2v) is 8.78. The summed E-state index contributed by atoms with van der Waals surface area (Å²) in [6.45, 7) is 6.23. The topological polar surface area (TPSA) is 27.7 Å². The monoisotopic (exact) mass is 442 g/mol. The highest BCUT2D eigenvalue weighted by molar-refractivity contribution is 5.17. The van der Waals surface area contributed by atoms with E-state index in [2.05, 4.69) is 6.92 Å². The van der Waals surface area contributed by atoms with Crippen molar-refractivity contribution >= 4 is 0 Å². The van der Waals surface area contributed by atoms with Gasteiger partial charge in [0.2, 0.25) is 0 Å². The summed E-state index contributed by atoms with van der Waals surface area (Å²) in [4.78, 5) is 0. The Kier molecular flexibility index (Phi) is 14.2. The van der Waals surface area contributed by atoms with Crippen molar-refractivity contribution in [1.82, 2.24) is 0 Å². The van der Waals surface area contributed by atoms with E-state index in [0.29, 0.717) is 0 Å². The highest BCUT2D eigenvalue weighted by Gasteiger charge is 2.41. The minimum absolute atomic E-state index is 0.000303. The van der Waals surface area contributed by atoms with Crippen molar-refractivity contribution in [3.63, 3.8) is 0 Å². The molecule has 1 aromatic rings. The van der Waals surface area contributed by atoms with Gasteiger partial charge in [-0.1, -0.05) is 64.4 Å². The summed E-state index contributed by atoms with van der Waals surface area (Å²) < 4.78 is 44.1. The Morgan fingerprint density at radius 3 is 1.94 bits per heavy atom. The van der Waals surface area contributed by atoms with Crippen LogP contribution in [0, 0.1) is 17.6 Å². The van der Waals surface area contributed by atoms with Crippen molar-refractivity contribution in [3.05, 3.63) is 35.4 Å². The van der Waals surface area contributed by atoms with Crippen LogP contribution in [-0.4, -0.2) is 26.3 Å². The lowest BCUT2D eigenvalue weighted by atomic mass is 9.91. The molecule has 0 fully saturated rings. The van der Waals surface area contributed by atoms with Crippen LogP contribution in [0.25, 0.3) is 0 Å². The Morgan fingerprint density at radius 1 is 0.806 bits per heavy atom. The highest BCUT2D eigenvalue weighted by atomic mass is 19.2. The Balaban J connectivity index is 2.57. The number of benzene rings is 1. The number of hydrogen-bond acceptors (Lipinski definition) is 3. The molecule has 180 valence electrons. The summed E-state index contributed by atoms with van der Waals surface area (Å²) in [5, 5.41) is 0. The maximum absolute atomic E-state index is 13.4. The van der Waals surface area contributed by atoms with Crippen LogP contribution in [0.4, 0.5) is 8.78 Å². The first kappa shape index (κ1) is 28.0. The molecule has 0 saturated heterocycles. The van der Waals surface area contributed by atoms with Crippen LogP contribution < -0.4 is 0 Å². The number of methoxy groups -OCH3 is 2. The molecule has 1 unspecified atom stereocenters. The van der Waals surface area contributed by atoms with Crippen LogP contribution in [0.15, 0.2) is 18.2 Å². The summed E-state index contributed by atoms with van der Waals surface area (Å²) in [7, 11) is 3.31. The number of ether oxygens (including phenoxy) is 3. The summed E-state index contributed by atoms with van der Waals surface area (Å²) in [5.41, 5.74) is 0.841. The first-order valence-corrected chi connectivity index (χ1v) is 12.1. The fourth-order valence-electron chi connectivity index (χ4n) is 4.20. The van der Waals surface area contributed by atoms with Crippen LogP contribution in [0.3, 0.4) is 0 Å². The quantitative estimate of drug-likeness (QED) is 0.171. The molecule has 0 N–H and O–H groups in total. The Labute approximate surface area is 188 Å². The van der Waals surface area contributed by atoms with Crippen LogP contribution >= 0.6 is 0 Å². The molecule has 0 amide bonds. The molecular weight excluding hydrogens is 398 g/mol. The Hall–Kier alpha value is -1.04. The zero-order valence-corrected chi connectivity index (χ0v) is 20.4. The number of aryl methyl sites for hydroxylation is 1. The van der Waals surface area contributed by atoms with Gasteiger partial charge in [0.15, 0.2) is 11.6 Å². The van der Waals surface area contributed by atoms with Gasteiger partial charge >= 0.3 is 0 Å². The van der Waals surface area contributed by atoms with Crippen molar-refractivity contribution in [3.8, 4) is 0 Å². The van der Waals surface area contributed by atoms with Gasteiger partial charge in [-0.25, -0.2) is 8.78 Å². The lowest BCUT2D eigenvalue weighted by Crippen LogP contribution is -2.46. The summed E-state index contributed by atoms with van der Waals surface area (Å²) >= 11 is 0. The molecule has 0 bridgehead atoms. The molecule has 0 heterocycles. The van der Waals surface area contributed by atoms with Gasteiger partial charge in [-0.2, -0.15) is 0 Å². The van der Waals surface area contributed by atoms with Crippen LogP contribution in [0.1, 0.15) is 97.0 Å². The molecule has 0 aliphatic carbocycles. The van der Waals surface area contributed by atoms with Gasteiger partial charge in [0.1, 0.15) is 0 Å². The molecule has 3 nitrogen and oxygen atoms in total. The van der Waals surface area contributed by atoms with Crippen LogP contribution in [0.2, 0.25) is 0 Å². The third kappa shape index (κ3) is 10.4. The smallest absolute Gasteiger partial charge is 0.285 e. The van der Waals surface area contributed by atoms with Crippen LogP contribution in [0.5, 0.6) is 0 Å². The molecule has 1 aromatic carbocycles. The van der Waals surface area contributed by atoms with Crippen molar-refractivity contribution in [1.29, 1.82) is 0 Å². The first-order chi connectivity index (χ1) is 14.9. The number of hydrogen-bond donors (Lipinski definition) is 0. The molecule has 0 aliphatic rings. The van der Waals surface area contributed by atoms with Crippen molar-refractivity contribution in [2.45, 2.75) is 110 Å². The molecular formula is C26H44F2O3. The van der Waals surface area contributed by atoms with Crippen molar-refractivity contribution < 1.29 is 23.0 Å². The van der Waals surface area contributed by atoms with E-state index in [1.165, 1.54) is 44.2 Å². The molecule has 0 saturated carbocycles. The van der Waals surface area contributed by atoms with Gasteiger partial charge in [0.05, 0.1) is 6.10 Å². The van der Waals surface area contributed by atoms with Crippen LogP contribution in [-0.2, 0) is 20.6 Å². The maximum Gasteiger partial charge on any atom is 0.285 e. The fraction of sp³-hybridized carbons (Fsp3) is 0.769. The number of unbranched alkanes of at least 4 members (excludes halogenated alkanes) is 7. The number of halogens is 2. The zero-order valence-electron chi connectivity index (χ0n) is 20.4. The van der Waals surface area contributed by atoms with Gasteiger partial charge in [0, 0.05) is 20.1 Å². The van der Waals surface area contributed by atoms with Gasteiger partial charge in [0.25, 0.3) is 5.97 Å². The van der Waals surface area contributed by atoms with E-state index in [9.17, 15) is 8.78 Å². The van der Waals surface area contributed by atoms with Gasteiger partial charge in [-0.05, 0) is 57.2 Å². The van der Waals surface area contributed by atoms with Crippen molar-refractivity contribution in [2.75, 3.05) is 14.2 Å². The predicted molar refractivity (Wildman–Crippen MR) is 123 cm³/mol. The molecule has 1 atom stereocenters. The fourth-order valence-corrected chi connectivity index (χ4v) is 4.20. The highest BCUT2D eigenvalue weighted by Crippen LogP contribution is 2.34. The number of rotatable bonds is 18. The van der Waals surface area contributed by atoms with E-state index in [0.717, 1.165) is 50.5 Å². The second-order valence-electron chi connectivity index (χ2n) is 8.78. The summed E-state index contributed by atoms with van der Waals surface area (Å²) in [6, 6.07) is 4.17. The average molecular weight is 443 g/mol. The minimum Gasteiger partial charge on any atom is -0.331 e. The third-order valence-corrected chi connectivity index (χ3v) is 5.88. The van der Waals surface area contributed by atoms with Gasteiger partial charge in [-0.15, -0.1) is 0 Å². The van der Waals surface area contributed by atoms with E-state index in [-0.39, 0.29) is 12.0 Å². The third-order valence-electron chi connectivity index (χ3n) is 5.88. The van der Waals surface area contributed by atoms with Gasteiger partial charge in [-0.3, -0.25) is 0 Å². The van der Waals surface area contributed by atoms with E-state index in [4.69, 9.17) is 14.2 Å². The lowest BCUT2D eigenvalue weighted by Gasteiger charge is -2.39. The Bertz CT molecular complexity index is 588. The maximum atomic E-state index is 13.4. The zero-order chi connectivity index (χ0) is 23.1. The minimum atomic E-state index is -1.02. The van der Waals surface area contributed by atoms with Crippen molar-refractivity contribution in [2.24, 2.45) is 5.92 Å². The molecule has 1 rings (SSSR count). The Morgan fingerprint density at radius 2 is 1.39 bits per heavy atom. The summed E-state index contributed by atoms with van der Waals surface area (Å²) in [5.74, 6) is -2.42. The summed E-state index contributed by atoms with van der Waals surface area (Å²) in [6.07, 6.45) is 13.2. The largest absolute Gasteiger partial charge is 0.331 e. The normalized spacial score (nSPS) is 13.2. The van der Waals surface area contributed by atoms with Gasteiger partial charge < -0.3 is 14.2 Å². The van der Waals surface area contributed by atoms with E-state index in [1.807, 2.05) is 13.8 Å². The second kappa shape index (κ2) is 15.7.